The number of piperidine rings is 1. The molecule has 0 aromatic heterocycles. The van der Waals surface area contributed by atoms with Crippen LogP contribution in [-0.2, 0) is 4.74 Å². The Balaban J connectivity index is 1.70. The Bertz CT molecular complexity index is 400. The normalized spacial score (nSPS) is 29.3. The monoisotopic (exact) mass is 339 g/mol. The number of ether oxygens (including phenoxy) is 1. The van der Waals surface area contributed by atoms with E-state index in [-0.39, 0.29) is 6.09 Å². The maximum absolute atomic E-state index is 12.2. The average Bonchev–Trinajstić information content (AvgIpc) is 2.52. The first-order valence-corrected chi connectivity index (χ1v) is 9.65. The molecule has 2 rings (SSSR count). The fourth-order valence-electron chi connectivity index (χ4n) is 3.85. The molecule has 1 saturated heterocycles. The van der Waals surface area contributed by atoms with Gasteiger partial charge in [-0.25, -0.2) is 4.79 Å². The van der Waals surface area contributed by atoms with Crippen molar-refractivity contribution in [2.75, 3.05) is 27.2 Å². The number of carbonyl (C=O) groups excluding carboxylic acids is 1. The SMILES string of the molecule is CN1CCCCC1CNC1CCC(N(C)C(=O)OC(C)(C)C)CC1. The van der Waals surface area contributed by atoms with Gasteiger partial charge in [-0.3, -0.25) is 0 Å². The summed E-state index contributed by atoms with van der Waals surface area (Å²) >= 11 is 0. The van der Waals surface area contributed by atoms with E-state index in [1.165, 1.54) is 25.8 Å². The lowest BCUT2D eigenvalue weighted by Gasteiger charge is -2.37. The summed E-state index contributed by atoms with van der Waals surface area (Å²) in [6.07, 6.45) is 8.26. The van der Waals surface area contributed by atoms with Gasteiger partial charge in [-0.1, -0.05) is 6.42 Å². The molecular formula is C19H37N3O2. The van der Waals surface area contributed by atoms with E-state index in [4.69, 9.17) is 4.74 Å². The molecule has 140 valence electrons. The molecule has 24 heavy (non-hydrogen) atoms. The molecule has 5 heteroatoms. The van der Waals surface area contributed by atoms with Crippen molar-refractivity contribution in [3.8, 4) is 0 Å². The third kappa shape index (κ3) is 5.92. The summed E-state index contributed by atoms with van der Waals surface area (Å²) in [5.74, 6) is 0. The molecule has 1 atom stereocenters. The number of amides is 1. The van der Waals surface area contributed by atoms with Crippen molar-refractivity contribution in [3.63, 3.8) is 0 Å². The lowest BCUT2D eigenvalue weighted by atomic mass is 9.90. The van der Waals surface area contributed by atoms with E-state index in [1.54, 1.807) is 4.90 Å². The summed E-state index contributed by atoms with van der Waals surface area (Å²) in [6.45, 7) is 8.10. The maximum atomic E-state index is 12.2. The van der Waals surface area contributed by atoms with Crippen LogP contribution >= 0.6 is 0 Å². The highest BCUT2D eigenvalue weighted by molar-refractivity contribution is 5.68. The topological polar surface area (TPSA) is 44.8 Å². The van der Waals surface area contributed by atoms with Crippen molar-refractivity contribution >= 4 is 6.09 Å². The van der Waals surface area contributed by atoms with E-state index in [9.17, 15) is 4.79 Å². The standard InChI is InChI=1S/C19H37N3O2/c1-19(2,3)24-18(23)22(5)16-11-9-15(10-12-16)20-14-17-8-6-7-13-21(17)4/h15-17,20H,6-14H2,1-5H3. The molecule has 5 nitrogen and oxygen atoms in total. The molecule has 0 radical (unpaired) electrons. The minimum absolute atomic E-state index is 0.192. The maximum Gasteiger partial charge on any atom is 0.410 e. The number of likely N-dealkylation sites (N-methyl/N-ethyl adjacent to an activating group) is 1. The van der Waals surface area contributed by atoms with E-state index in [1.807, 2.05) is 27.8 Å². The third-order valence-corrected chi connectivity index (χ3v) is 5.49. The number of likely N-dealkylation sites (tertiary alicyclic amines) is 1. The molecular weight excluding hydrogens is 302 g/mol. The highest BCUT2D eigenvalue weighted by atomic mass is 16.6. The van der Waals surface area contributed by atoms with Crippen LogP contribution in [0.3, 0.4) is 0 Å². The molecule has 1 aliphatic heterocycles. The first kappa shape index (κ1) is 19.5. The molecule has 2 fully saturated rings. The second-order valence-electron chi connectivity index (χ2n) is 8.64. The van der Waals surface area contributed by atoms with Crippen molar-refractivity contribution in [2.24, 2.45) is 0 Å². The number of carbonyl (C=O) groups is 1. The molecule has 0 aromatic rings. The Morgan fingerprint density at radius 1 is 1.17 bits per heavy atom. The van der Waals surface area contributed by atoms with E-state index < -0.39 is 5.60 Å². The van der Waals surface area contributed by atoms with Gasteiger partial charge in [0.15, 0.2) is 0 Å². The van der Waals surface area contributed by atoms with Gasteiger partial charge in [-0.05, 0) is 72.9 Å². The largest absolute Gasteiger partial charge is 0.444 e. The predicted octanol–water partition coefficient (Wildman–Crippen LogP) is 3.24. The number of nitrogens with zero attached hydrogens (tertiary/aromatic N) is 2. The zero-order chi connectivity index (χ0) is 17.7. The van der Waals surface area contributed by atoms with Crippen molar-refractivity contribution in [1.29, 1.82) is 0 Å². The van der Waals surface area contributed by atoms with Crippen molar-refractivity contribution in [2.45, 2.75) is 89.4 Å². The molecule has 0 spiro atoms. The molecule has 0 bridgehead atoms. The van der Waals surface area contributed by atoms with Gasteiger partial charge >= 0.3 is 6.09 Å². The van der Waals surface area contributed by atoms with Gasteiger partial charge in [-0.2, -0.15) is 0 Å². The quantitative estimate of drug-likeness (QED) is 0.854. The fourth-order valence-corrected chi connectivity index (χ4v) is 3.85. The van der Waals surface area contributed by atoms with Crippen molar-refractivity contribution < 1.29 is 9.53 Å². The summed E-state index contributed by atoms with van der Waals surface area (Å²) in [4.78, 5) is 16.5. The number of hydrogen-bond donors (Lipinski definition) is 1. The van der Waals surface area contributed by atoms with Gasteiger partial charge in [0.2, 0.25) is 0 Å². The molecule has 1 heterocycles. The van der Waals surface area contributed by atoms with Gasteiger partial charge in [0, 0.05) is 31.7 Å². The lowest BCUT2D eigenvalue weighted by molar-refractivity contribution is 0.0178. The van der Waals surface area contributed by atoms with E-state index in [0.29, 0.717) is 18.1 Å². The minimum atomic E-state index is -0.421. The zero-order valence-corrected chi connectivity index (χ0v) is 16.3. The van der Waals surface area contributed by atoms with Crippen LogP contribution in [-0.4, -0.2) is 66.8 Å². The Morgan fingerprint density at radius 2 is 1.83 bits per heavy atom. The Labute approximate surface area is 148 Å². The Morgan fingerprint density at radius 3 is 2.42 bits per heavy atom. The van der Waals surface area contributed by atoms with E-state index in [2.05, 4.69) is 17.3 Å². The van der Waals surface area contributed by atoms with Crippen LogP contribution in [0.25, 0.3) is 0 Å². The van der Waals surface area contributed by atoms with Crippen LogP contribution in [0, 0.1) is 0 Å². The van der Waals surface area contributed by atoms with Crippen molar-refractivity contribution in [1.82, 2.24) is 15.1 Å². The fraction of sp³-hybridized carbons (Fsp3) is 0.947. The highest BCUT2D eigenvalue weighted by Crippen LogP contribution is 2.24. The van der Waals surface area contributed by atoms with E-state index >= 15 is 0 Å². The molecule has 1 N–H and O–H groups in total. The molecule has 2 aliphatic rings. The smallest absolute Gasteiger partial charge is 0.410 e. The van der Waals surface area contributed by atoms with Gasteiger partial charge in [0.25, 0.3) is 0 Å². The summed E-state index contributed by atoms with van der Waals surface area (Å²) < 4.78 is 5.48. The van der Waals surface area contributed by atoms with Crippen LogP contribution in [0.5, 0.6) is 0 Å². The van der Waals surface area contributed by atoms with Gasteiger partial charge in [-0.15, -0.1) is 0 Å². The molecule has 0 aromatic carbocycles. The first-order valence-electron chi connectivity index (χ1n) is 9.65. The van der Waals surface area contributed by atoms with Crippen LogP contribution < -0.4 is 5.32 Å². The Kier molecular flexibility index (Phi) is 6.93. The van der Waals surface area contributed by atoms with Crippen LogP contribution in [0.15, 0.2) is 0 Å². The minimum Gasteiger partial charge on any atom is -0.444 e. The van der Waals surface area contributed by atoms with Crippen LogP contribution in [0.1, 0.15) is 65.7 Å². The summed E-state index contributed by atoms with van der Waals surface area (Å²) in [5, 5.41) is 3.77. The highest BCUT2D eigenvalue weighted by Gasteiger charge is 2.29. The second-order valence-corrected chi connectivity index (χ2v) is 8.64. The van der Waals surface area contributed by atoms with Crippen LogP contribution in [0.4, 0.5) is 4.79 Å². The second kappa shape index (κ2) is 8.52. The average molecular weight is 340 g/mol. The molecule has 1 unspecified atom stereocenters. The zero-order valence-electron chi connectivity index (χ0n) is 16.3. The third-order valence-electron chi connectivity index (χ3n) is 5.49. The predicted molar refractivity (Wildman–Crippen MR) is 98.3 cm³/mol. The van der Waals surface area contributed by atoms with E-state index in [0.717, 1.165) is 32.2 Å². The number of hydrogen-bond acceptors (Lipinski definition) is 4. The van der Waals surface area contributed by atoms with Gasteiger partial charge < -0.3 is 19.9 Å². The van der Waals surface area contributed by atoms with Gasteiger partial charge in [0.05, 0.1) is 0 Å². The number of rotatable bonds is 4. The lowest BCUT2D eigenvalue weighted by Crippen LogP contribution is -2.48. The summed E-state index contributed by atoms with van der Waals surface area (Å²) in [7, 11) is 4.13. The van der Waals surface area contributed by atoms with Crippen molar-refractivity contribution in [3.05, 3.63) is 0 Å². The Hall–Kier alpha value is -0.810. The number of nitrogens with one attached hydrogen (secondary N) is 1. The van der Waals surface area contributed by atoms with Crippen LogP contribution in [0.2, 0.25) is 0 Å². The molecule has 1 amide bonds. The summed E-state index contributed by atoms with van der Waals surface area (Å²) in [6, 6.07) is 1.61. The molecule has 1 aliphatic carbocycles. The summed E-state index contributed by atoms with van der Waals surface area (Å²) in [5.41, 5.74) is -0.421. The van der Waals surface area contributed by atoms with Gasteiger partial charge in [0.1, 0.15) is 5.60 Å². The molecule has 1 saturated carbocycles. The first-order chi connectivity index (χ1) is 11.3.